The summed E-state index contributed by atoms with van der Waals surface area (Å²) in [6, 6.07) is 0. The molecule has 0 saturated heterocycles. The quantitative estimate of drug-likeness (QED) is 0.693. The molecule has 2 rings (SSSR count). The normalized spacial score (nSPS) is 32.8. The van der Waals surface area contributed by atoms with Crippen LogP contribution in [0.2, 0.25) is 0 Å². The molecule has 2 nitrogen and oxygen atoms in total. The Hall–Kier alpha value is -1.18. The molecule has 0 aromatic rings. The molecule has 4 atom stereocenters. The molecule has 0 heterocycles. The molecule has 22 heavy (non-hydrogen) atoms. The first-order valence-corrected chi connectivity index (χ1v) is 8.63. The van der Waals surface area contributed by atoms with E-state index in [4.69, 9.17) is 0 Å². The van der Waals surface area contributed by atoms with E-state index in [9.17, 15) is 9.59 Å². The van der Waals surface area contributed by atoms with Crippen LogP contribution in [0.25, 0.3) is 0 Å². The molecule has 0 N–H and O–H groups in total. The van der Waals surface area contributed by atoms with E-state index in [1.807, 2.05) is 19.9 Å². The van der Waals surface area contributed by atoms with Gasteiger partial charge < -0.3 is 0 Å². The minimum atomic E-state index is -0.198. The van der Waals surface area contributed by atoms with Gasteiger partial charge in [0, 0.05) is 11.8 Å². The second kappa shape index (κ2) is 6.52. The van der Waals surface area contributed by atoms with Gasteiger partial charge in [0.1, 0.15) is 0 Å². The number of allylic oxidation sites excluding steroid dienone is 4. The largest absolute Gasteiger partial charge is 0.295 e. The Labute approximate surface area is 135 Å². The first-order valence-electron chi connectivity index (χ1n) is 8.63. The van der Waals surface area contributed by atoms with Gasteiger partial charge in [-0.3, -0.25) is 9.59 Å². The van der Waals surface area contributed by atoms with Gasteiger partial charge in [-0.1, -0.05) is 25.0 Å². The van der Waals surface area contributed by atoms with E-state index in [0.717, 1.165) is 31.3 Å². The van der Waals surface area contributed by atoms with Gasteiger partial charge in [0.25, 0.3) is 0 Å². The first-order chi connectivity index (χ1) is 10.2. The molecule has 0 bridgehead atoms. The van der Waals surface area contributed by atoms with Crippen molar-refractivity contribution in [1.82, 2.24) is 0 Å². The molecule has 0 aromatic heterocycles. The SMILES string of the molecule is CC(C)=CC(=O)CC(C)C1CCC2(C)C(=O)C=C(C)CCC12. The van der Waals surface area contributed by atoms with Gasteiger partial charge >= 0.3 is 0 Å². The highest BCUT2D eigenvalue weighted by Crippen LogP contribution is 2.54. The third-order valence-electron chi connectivity index (χ3n) is 5.83. The number of ketones is 2. The molecule has 0 aromatic carbocycles. The number of carbonyl (C=O) groups is 2. The predicted molar refractivity (Wildman–Crippen MR) is 90.5 cm³/mol. The highest BCUT2D eigenvalue weighted by Gasteiger charge is 2.50. The fraction of sp³-hybridized carbons (Fsp3) is 0.700. The van der Waals surface area contributed by atoms with Crippen LogP contribution in [0.1, 0.15) is 66.7 Å². The fourth-order valence-corrected chi connectivity index (χ4v) is 4.54. The lowest BCUT2D eigenvalue weighted by molar-refractivity contribution is -0.125. The van der Waals surface area contributed by atoms with Crippen LogP contribution in [0.15, 0.2) is 23.3 Å². The minimum Gasteiger partial charge on any atom is -0.295 e. The molecule has 2 aliphatic rings. The standard InChI is InChI=1S/C20H30O2/c1-13(2)10-16(21)12-15(4)17-8-9-20(5)18(17)7-6-14(3)11-19(20)22/h10-11,15,17-18H,6-9,12H2,1-5H3. The van der Waals surface area contributed by atoms with Crippen molar-refractivity contribution in [2.24, 2.45) is 23.2 Å². The maximum absolute atomic E-state index is 12.6. The summed E-state index contributed by atoms with van der Waals surface area (Å²) in [5.74, 6) is 1.85. The summed E-state index contributed by atoms with van der Waals surface area (Å²) in [5, 5.41) is 0. The van der Waals surface area contributed by atoms with E-state index in [0.29, 0.717) is 30.0 Å². The van der Waals surface area contributed by atoms with Crippen molar-refractivity contribution in [3.8, 4) is 0 Å². The van der Waals surface area contributed by atoms with Crippen LogP contribution in [0.3, 0.4) is 0 Å². The lowest BCUT2D eigenvalue weighted by atomic mass is 9.70. The van der Waals surface area contributed by atoms with Crippen LogP contribution in [0.4, 0.5) is 0 Å². The summed E-state index contributed by atoms with van der Waals surface area (Å²) >= 11 is 0. The summed E-state index contributed by atoms with van der Waals surface area (Å²) in [4.78, 5) is 24.7. The fourth-order valence-electron chi connectivity index (χ4n) is 4.54. The summed E-state index contributed by atoms with van der Waals surface area (Å²) in [7, 11) is 0. The van der Waals surface area contributed by atoms with E-state index in [1.165, 1.54) is 5.57 Å². The molecule has 1 saturated carbocycles. The van der Waals surface area contributed by atoms with Crippen molar-refractivity contribution in [3.05, 3.63) is 23.3 Å². The van der Waals surface area contributed by atoms with E-state index in [-0.39, 0.29) is 11.2 Å². The third-order valence-corrected chi connectivity index (χ3v) is 5.83. The molecular weight excluding hydrogens is 272 g/mol. The number of hydrogen-bond donors (Lipinski definition) is 0. The zero-order chi connectivity index (χ0) is 16.5. The molecule has 0 aliphatic heterocycles. The smallest absolute Gasteiger partial charge is 0.161 e. The van der Waals surface area contributed by atoms with Crippen LogP contribution >= 0.6 is 0 Å². The molecule has 0 radical (unpaired) electrons. The molecule has 0 amide bonds. The van der Waals surface area contributed by atoms with Crippen LogP contribution in [0, 0.1) is 23.2 Å². The topological polar surface area (TPSA) is 34.1 Å². The van der Waals surface area contributed by atoms with Gasteiger partial charge in [0.15, 0.2) is 11.6 Å². The molecule has 4 unspecified atom stereocenters. The van der Waals surface area contributed by atoms with Gasteiger partial charge in [-0.05, 0) is 76.4 Å². The Morgan fingerprint density at radius 3 is 2.73 bits per heavy atom. The van der Waals surface area contributed by atoms with Gasteiger partial charge in [-0.2, -0.15) is 0 Å². The molecule has 122 valence electrons. The zero-order valence-electron chi connectivity index (χ0n) is 14.7. The Balaban J connectivity index is 2.13. The van der Waals surface area contributed by atoms with Gasteiger partial charge in [0.05, 0.1) is 0 Å². The first kappa shape index (κ1) is 17.2. The Morgan fingerprint density at radius 1 is 1.41 bits per heavy atom. The van der Waals surface area contributed by atoms with Crippen LogP contribution < -0.4 is 0 Å². The molecular formula is C20H30O2. The van der Waals surface area contributed by atoms with Crippen LogP contribution in [0.5, 0.6) is 0 Å². The van der Waals surface area contributed by atoms with E-state index < -0.39 is 0 Å². The monoisotopic (exact) mass is 302 g/mol. The summed E-state index contributed by atoms with van der Waals surface area (Å²) in [5.41, 5.74) is 2.08. The van der Waals surface area contributed by atoms with Gasteiger partial charge in [-0.15, -0.1) is 0 Å². The van der Waals surface area contributed by atoms with Crippen molar-refractivity contribution in [1.29, 1.82) is 0 Å². The Bertz CT molecular complexity index is 522. The Morgan fingerprint density at radius 2 is 2.09 bits per heavy atom. The maximum atomic E-state index is 12.6. The molecule has 2 aliphatic carbocycles. The van der Waals surface area contributed by atoms with Crippen LogP contribution in [-0.2, 0) is 9.59 Å². The number of fused-ring (bicyclic) bond motifs is 1. The Kier molecular flexibility index (Phi) is 5.09. The van der Waals surface area contributed by atoms with Crippen molar-refractivity contribution in [2.45, 2.75) is 66.7 Å². The molecule has 2 heteroatoms. The van der Waals surface area contributed by atoms with Crippen molar-refractivity contribution in [2.75, 3.05) is 0 Å². The number of rotatable bonds is 4. The molecule has 0 spiro atoms. The highest BCUT2D eigenvalue weighted by atomic mass is 16.1. The number of hydrogen-bond acceptors (Lipinski definition) is 2. The van der Waals surface area contributed by atoms with E-state index in [1.54, 1.807) is 6.08 Å². The summed E-state index contributed by atoms with van der Waals surface area (Å²) in [6.45, 7) is 10.4. The van der Waals surface area contributed by atoms with E-state index in [2.05, 4.69) is 20.8 Å². The summed E-state index contributed by atoms with van der Waals surface area (Å²) < 4.78 is 0. The minimum absolute atomic E-state index is 0.198. The number of carbonyl (C=O) groups excluding carboxylic acids is 2. The average molecular weight is 302 g/mol. The second-order valence-electron chi connectivity index (χ2n) is 7.99. The lowest BCUT2D eigenvalue weighted by Gasteiger charge is -2.33. The maximum Gasteiger partial charge on any atom is 0.161 e. The zero-order valence-corrected chi connectivity index (χ0v) is 14.7. The van der Waals surface area contributed by atoms with Gasteiger partial charge in [-0.25, -0.2) is 0 Å². The van der Waals surface area contributed by atoms with Crippen molar-refractivity contribution >= 4 is 11.6 Å². The van der Waals surface area contributed by atoms with Crippen LogP contribution in [-0.4, -0.2) is 11.6 Å². The second-order valence-corrected chi connectivity index (χ2v) is 7.99. The van der Waals surface area contributed by atoms with Gasteiger partial charge in [0.2, 0.25) is 0 Å². The highest BCUT2D eigenvalue weighted by molar-refractivity contribution is 5.96. The average Bonchev–Trinajstić information content (AvgIpc) is 2.68. The van der Waals surface area contributed by atoms with Crippen molar-refractivity contribution in [3.63, 3.8) is 0 Å². The molecule has 1 fully saturated rings. The van der Waals surface area contributed by atoms with Crippen molar-refractivity contribution < 1.29 is 9.59 Å². The predicted octanol–water partition coefficient (Wildman–Crippen LogP) is 4.89. The lowest BCUT2D eigenvalue weighted by Crippen LogP contribution is -2.33. The third kappa shape index (κ3) is 3.42. The summed E-state index contributed by atoms with van der Waals surface area (Å²) in [6.07, 6.45) is 8.43. The van der Waals surface area contributed by atoms with E-state index >= 15 is 0 Å².